The van der Waals surface area contributed by atoms with Gasteiger partial charge in [-0.2, -0.15) is 8.42 Å². The normalized spacial score (nSPS) is 19.1. The Kier molecular flexibility index (Phi) is 6.19. The lowest BCUT2D eigenvalue weighted by atomic mass is 9.90. The fourth-order valence-electron chi connectivity index (χ4n) is 3.06. The number of rotatable bonds is 5. The summed E-state index contributed by atoms with van der Waals surface area (Å²) in [4.78, 5) is 11.8. The Morgan fingerprint density at radius 3 is 2.23 bits per heavy atom. The quantitative estimate of drug-likeness (QED) is 0.696. The van der Waals surface area contributed by atoms with E-state index in [0.29, 0.717) is 29.5 Å². The van der Waals surface area contributed by atoms with E-state index < -0.39 is 27.9 Å². The second-order valence-electron chi connectivity index (χ2n) is 8.48. The van der Waals surface area contributed by atoms with Gasteiger partial charge in [0.05, 0.1) is 11.0 Å². The predicted octanol–water partition coefficient (Wildman–Crippen LogP) is 4.56. The van der Waals surface area contributed by atoms with Crippen LogP contribution < -0.4 is 5.32 Å². The first kappa shape index (κ1) is 22.2. The SMILES string of the molecule is Cc1ccc(-c2ccc(S(=O)(=O)OC3CC(NC(=O)OC(C)(C)C)C3)cc2)cc1F. The standard InChI is InChI=1S/C22H26FNO5S/c1-14-5-6-16(11-20(14)23)15-7-9-19(10-8-15)30(26,27)29-18-12-17(13-18)24-21(25)28-22(2,3)4/h5-11,17-18H,12-13H2,1-4H3,(H,24,25). The zero-order valence-electron chi connectivity index (χ0n) is 17.4. The zero-order valence-corrected chi connectivity index (χ0v) is 18.3. The average molecular weight is 436 g/mol. The number of carbonyl (C=O) groups is 1. The number of carbonyl (C=O) groups excluding carboxylic acids is 1. The summed E-state index contributed by atoms with van der Waals surface area (Å²) in [6, 6.07) is 10.8. The first-order chi connectivity index (χ1) is 13.9. The lowest BCUT2D eigenvalue weighted by molar-refractivity contribution is 0.0376. The molecule has 1 aliphatic carbocycles. The molecule has 1 fully saturated rings. The highest BCUT2D eigenvalue weighted by Crippen LogP contribution is 2.29. The van der Waals surface area contributed by atoms with Crippen LogP contribution in [-0.2, 0) is 19.0 Å². The lowest BCUT2D eigenvalue weighted by Gasteiger charge is -2.35. The summed E-state index contributed by atoms with van der Waals surface area (Å²) in [5, 5.41) is 2.70. The van der Waals surface area contributed by atoms with Crippen LogP contribution in [-0.4, -0.2) is 32.3 Å². The number of alkyl carbamates (subject to hydrolysis) is 1. The molecule has 0 saturated heterocycles. The van der Waals surface area contributed by atoms with Gasteiger partial charge in [0.15, 0.2) is 0 Å². The number of aryl methyl sites for hydroxylation is 1. The van der Waals surface area contributed by atoms with Gasteiger partial charge in [0, 0.05) is 6.04 Å². The molecular weight excluding hydrogens is 409 g/mol. The van der Waals surface area contributed by atoms with E-state index in [1.54, 1.807) is 52.0 Å². The molecular formula is C22H26FNO5S. The molecule has 0 aliphatic heterocycles. The fraction of sp³-hybridized carbons (Fsp3) is 0.409. The Balaban J connectivity index is 1.56. The third kappa shape index (κ3) is 5.58. The number of halogens is 1. The van der Waals surface area contributed by atoms with Crippen molar-refractivity contribution < 1.29 is 26.5 Å². The van der Waals surface area contributed by atoms with E-state index in [1.807, 2.05) is 0 Å². The number of amides is 1. The third-order valence-corrected chi connectivity index (χ3v) is 6.10. The number of hydrogen-bond donors (Lipinski definition) is 1. The van der Waals surface area contributed by atoms with Gasteiger partial charge in [0.1, 0.15) is 11.4 Å². The van der Waals surface area contributed by atoms with Gasteiger partial charge in [-0.25, -0.2) is 9.18 Å². The van der Waals surface area contributed by atoms with Crippen molar-refractivity contribution in [1.82, 2.24) is 5.32 Å². The topological polar surface area (TPSA) is 81.7 Å². The molecule has 8 heteroatoms. The van der Waals surface area contributed by atoms with Crippen LogP contribution in [0.4, 0.5) is 9.18 Å². The summed E-state index contributed by atoms with van der Waals surface area (Å²) in [5.41, 5.74) is 1.33. The van der Waals surface area contributed by atoms with E-state index >= 15 is 0 Å². The highest BCUT2D eigenvalue weighted by atomic mass is 32.2. The minimum absolute atomic E-state index is 0.0300. The second kappa shape index (κ2) is 8.35. The molecule has 162 valence electrons. The summed E-state index contributed by atoms with van der Waals surface area (Å²) in [7, 11) is -3.93. The van der Waals surface area contributed by atoms with Crippen LogP contribution in [0.3, 0.4) is 0 Å². The summed E-state index contributed by atoms with van der Waals surface area (Å²) in [5.74, 6) is -0.313. The van der Waals surface area contributed by atoms with Crippen molar-refractivity contribution in [3.8, 4) is 11.1 Å². The average Bonchev–Trinajstić information content (AvgIpc) is 2.60. The number of benzene rings is 2. The van der Waals surface area contributed by atoms with Crippen LogP contribution in [0.1, 0.15) is 39.2 Å². The first-order valence-electron chi connectivity index (χ1n) is 9.72. The van der Waals surface area contributed by atoms with Crippen LogP contribution in [0, 0.1) is 12.7 Å². The van der Waals surface area contributed by atoms with Crippen LogP contribution >= 0.6 is 0 Å². The molecule has 6 nitrogen and oxygen atoms in total. The van der Waals surface area contributed by atoms with Crippen molar-refractivity contribution in [1.29, 1.82) is 0 Å². The van der Waals surface area contributed by atoms with E-state index in [-0.39, 0.29) is 16.8 Å². The zero-order chi connectivity index (χ0) is 22.1. The van der Waals surface area contributed by atoms with Crippen LogP contribution in [0.25, 0.3) is 11.1 Å². The Labute approximate surface area is 176 Å². The molecule has 3 rings (SSSR count). The molecule has 0 bridgehead atoms. The highest BCUT2D eigenvalue weighted by molar-refractivity contribution is 7.86. The Hall–Kier alpha value is -2.45. The van der Waals surface area contributed by atoms with E-state index in [0.717, 1.165) is 0 Å². The lowest BCUT2D eigenvalue weighted by Crippen LogP contribution is -2.49. The maximum absolute atomic E-state index is 13.8. The molecule has 0 spiro atoms. The molecule has 0 atom stereocenters. The van der Waals surface area contributed by atoms with Gasteiger partial charge in [0.2, 0.25) is 0 Å². The minimum Gasteiger partial charge on any atom is -0.444 e. The molecule has 1 amide bonds. The van der Waals surface area contributed by atoms with Crippen molar-refractivity contribution >= 4 is 16.2 Å². The van der Waals surface area contributed by atoms with Gasteiger partial charge in [-0.1, -0.05) is 24.3 Å². The number of hydrogen-bond acceptors (Lipinski definition) is 5. The fourth-order valence-corrected chi connectivity index (χ4v) is 4.15. The number of ether oxygens (including phenoxy) is 1. The van der Waals surface area contributed by atoms with Gasteiger partial charge in [-0.15, -0.1) is 0 Å². The van der Waals surface area contributed by atoms with Crippen LogP contribution in [0.5, 0.6) is 0 Å². The van der Waals surface area contributed by atoms with Gasteiger partial charge >= 0.3 is 6.09 Å². The van der Waals surface area contributed by atoms with Crippen molar-refractivity contribution in [3.63, 3.8) is 0 Å². The predicted molar refractivity (Wildman–Crippen MR) is 111 cm³/mol. The maximum Gasteiger partial charge on any atom is 0.407 e. The molecule has 0 heterocycles. The van der Waals surface area contributed by atoms with Crippen molar-refractivity contribution in [2.75, 3.05) is 0 Å². The Morgan fingerprint density at radius 2 is 1.67 bits per heavy atom. The molecule has 0 aromatic heterocycles. The maximum atomic E-state index is 13.8. The monoisotopic (exact) mass is 435 g/mol. The molecule has 2 aromatic rings. The van der Waals surface area contributed by atoms with Crippen LogP contribution in [0.2, 0.25) is 0 Å². The molecule has 2 aromatic carbocycles. The van der Waals surface area contributed by atoms with E-state index in [1.165, 1.54) is 18.2 Å². The second-order valence-corrected chi connectivity index (χ2v) is 10.0. The molecule has 1 N–H and O–H groups in total. The summed E-state index contributed by atoms with van der Waals surface area (Å²) >= 11 is 0. The molecule has 0 unspecified atom stereocenters. The molecule has 30 heavy (non-hydrogen) atoms. The summed E-state index contributed by atoms with van der Waals surface area (Å²) in [6.07, 6.45) is -0.254. The molecule has 0 radical (unpaired) electrons. The van der Waals surface area contributed by atoms with E-state index in [4.69, 9.17) is 8.92 Å². The first-order valence-corrected chi connectivity index (χ1v) is 11.1. The van der Waals surface area contributed by atoms with Gasteiger partial charge in [-0.05, 0) is 75.4 Å². The molecule has 1 aliphatic rings. The molecule has 1 saturated carbocycles. The third-order valence-electron chi connectivity index (χ3n) is 4.73. The Morgan fingerprint density at radius 1 is 1.07 bits per heavy atom. The van der Waals surface area contributed by atoms with E-state index in [9.17, 15) is 17.6 Å². The number of nitrogens with one attached hydrogen (secondary N) is 1. The van der Waals surface area contributed by atoms with Gasteiger partial charge in [0.25, 0.3) is 10.1 Å². The minimum atomic E-state index is -3.93. The van der Waals surface area contributed by atoms with E-state index in [2.05, 4.69) is 5.32 Å². The summed E-state index contributed by atoms with van der Waals surface area (Å²) < 4.78 is 49.2. The van der Waals surface area contributed by atoms with Crippen molar-refractivity contribution in [2.45, 2.75) is 63.2 Å². The largest absolute Gasteiger partial charge is 0.444 e. The highest BCUT2D eigenvalue weighted by Gasteiger charge is 2.36. The van der Waals surface area contributed by atoms with Gasteiger partial charge in [-0.3, -0.25) is 4.18 Å². The summed E-state index contributed by atoms with van der Waals surface area (Å²) in [6.45, 7) is 6.99. The van der Waals surface area contributed by atoms with Crippen molar-refractivity contribution in [3.05, 3.63) is 53.8 Å². The van der Waals surface area contributed by atoms with Crippen LogP contribution in [0.15, 0.2) is 47.4 Å². The van der Waals surface area contributed by atoms with Gasteiger partial charge < -0.3 is 10.1 Å². The van der Waals surface area contributed by atoms with Crippen molar-refractivity contribution in [2.24, 2.45) is 0 Å². The Bertz CT molecular complexity index is 1020. The smallest absolute Gasteiger partial charge is 0.407 e.